The van der Waals surface area contributed by atoms with E-state index in [4.69, 9.17) is 16.3 Å². The first kappa shape index (κ1) is 9.99. The van der Waals surface area contributed by atoms with Gasteiger partial charge in [-0.15, -0.1) is 0 Å². The van der Waals surface area contributed by atoms with Crippen molar-refractivity contribution in [3.8, 4) is 0 Å². The van der Waals surface area contributed by atoms with Gasteiger partial charge in [0.05, 0.1) is 11.6 Å². The minimum Gasteiger partial charge on any atom is -0.412 e. The summed E-state index contributed by atoms with van der Waals surface area (Å²) in [6, 6.07) is 3.35. The van der Waals surface area contributed by atoms with Crippen LogP contribution >= 0.6 is 11.6 Å². The number of nitrogens with zero attached hydrogens (tertiary/aromatic N) is 1. The molecule has 4 heteroatoms. The molecule has 1 rings (SSSR count). The van der Waals surface area contributed by atoms with Crippen LogP contribution in [0, 0.1) is 6.92 Å². The largest absolute Gasteiger partial charge is 0.602 e. The van der Waals surface area contributed by atoms with Crippen molar-refractivity contribution in [2.45, 2.75) is 13.8 Å². The van der Waals surface area contributed by atoms with E-state index in [2.05, 4.69) is 0 Å². The molecule has 0 aliphatic heterocycles. The molecule has 0 radical (unpaired) electrons. The molecule has 0 fully saturated rings. The summed E-state index contributed by atoms with van der Waals surface area (Å²) < 4.78 is 6.24. The normalized spacial score (nSPS) is 9.77. The molecule has 0 unspecified atom stereocenters. The number of hydrogen-bond donors (Lipinski definition) is 0. The molecule has 0 aliphatic carbocycles. The number of aryl methyl sites for hydroxylation is 1. The van der Waals surface area contributed by atoms with Crippen LogP contribution in [0.4, 0.5) is 4.79 Å². The lowest BCUT2D eigenvalue weighted by Gasteiger charge is -1.97. The molecule has 0 aliphatic rings. The van der Waals surface area contributed by atoms with Gasteiger partial charge in [0.15, 0.2) is 11.9 Å². The zero-order chi connectivity index (χ0) is 9.84. The minimum atomic E-state index is -0.378. The molecule has 13 heavy (non-hydrogen) atoms. The van der Waals surface area contributed by atoms with Gasteiger partial charge in [0.1, 0.15) is 0 Å². The maximum absolute atomic E-state index is 11.3. The summed E-state index contributed by atoms with van der Waals surface area (Å²) >= 11 is 5.73. The average molecular weight is 201 g/mol. The van der Waals surface area contributed by atoms with Gasteiger partial charge in [0.2, 0.25) is 0 Å². The van der Waals surface area contributed by atoms with Crippen LogP contribution < -0.4 is 4.57 Å². The van der Waals surface area contributed by atoms with Crippen molar-refractivity contribution in [1.82, 2.24) is 0 Å². The predicted molar refractivity (Wildman–Crippen MR) is 48.8 cm³/mol. The lowest BCUT2D eigenvalue weighted by molar-refractivity contribution is -0.592. The van der Waals surface area contributed by atoms with E-state index in [1.54, 1.807) is 32.2 Å². The molecule has 1 heterocycles. The van der Waals surface area contributed by atoms with Gasteiger partial charge in [-0.25, -0.2) is 0 Å². The van der Waals surface area contributed by atoms with E-state index >= 15 is 0 Å². The van der Waals surface area contributed by atoms with E-state index in [1.165, 1.54) is 4.57 Å². The molecular weight excluding hydrogens is 190 g/mol. The van der Waals surface area contributed by atoms with E-state index in [0.29, 0.717) is 11.6 Å². The van der Waals surface area contributed by atoms with E-state index in [-0.39, 0.29) is 6.09 Å². The van der Waals surface area contributed by atoms with Gasteiger partial charge in [-0.1, -0.05) is 16.2 Å². The zero-order valence-electron chi connectivity index (χ0n) is 7.58. The number of carbonyl (C=O) groups excluding carboxylic acids is 1. The Bertz CT molecular complexity index is 325. The molecule has 0 aromatic carbocycles. The molecule has 0 bridgehead atoms. The van der Waals surface area contributed by atoms with Crippen molar-refractivity contribution >= 4 is 17.7 Å². The second-order valence-electron chi connectivity index (χ2n) is 2.56. The first-order valence-electron chi connectivity index (χ1n) is 4.00. The third kappa shape index (κ3) is 2.42. The number of hydrogen-bond acceptors (Lipinski definition) is 2. The summed E-state index contributed by atoms with van der Waals surface area (Å²) in [5.41, 5.74) is 0.756. The van der Waals surface area contributed by atoms with E-state index < -0.39 is 0 Å². The minimum absolute atomic E-state index is 0.369. The van der Waals surface area contributed by atoms with Crippen LogP contribution in [0.3, 0.4) is 0 Å². The van der Waals surface area contributed by atoms with Crippen molar-refractivity contribution in [3.63, 3.8) is 0 Å². The molecule has 70 valence electrons. The fourth-order valence-electron chi connectivity index (χ4n) is 0.978. The Hall–Kier alpha value is -1.09. The fourth-order valence-corrected chi connectivity index (χ4v) is 1.19. The monoisotopic (exact) mass is 200 g/mol. The topological polar surface area (TPSA) is 30.2 Å². The molecule has 0 spiro atoms. The summed E-state index contributed by atoms with van der Waals surface area (Å²) in [5, 5.41) is 0.609. The Labute approximate surface area is 81.9 Å². The Kier molecular flexibility index (Phi) is 3.25. The van der Waals surface area contributed by atoms with Crippen molar-refractivity contribution in [2.75, 3.05) is 6.61 Å². The summed E-state index contributed by atoms with van der Waals surface area (Å²) in [5.74, 6) is 0. The second kappa shape index (κ2) is 4.23. The number of halogens is 1. The second-order valence-corrected chi connectivity index (χ2v) is 2.99. The third-order valence-corrected chi connectivity index (χ3v) is 1.81. The Morgan fingerprint density at radius 2 is 2.38 bits per heavy atom. The van der Waals surface area contributed by atoms with Crippen molar-refractivity contribution in [1.29, 1.82) is 0 Å². The van der Waals surface area contributed by atoms with Crippen LogP contribution in [-0.2, 0) is 4.74 Å². The Morgan fingerprint density at radius 3 is 2.92 bits per heavy atom. The van der Waals surface area contributed by atoms with Crippen LogP contribution in [0.1, 0.15) is 12.6 Å². The lowest BCUT2D eigenvalue weighted by Crippen LogP contribution is -2.45. The average Bonchev–Trinajstić information content (AvgIpc) is 2.04. The SMILES string of the molecule is CCOC(=O)[n+]1ccc(Cl)cc1C. The van der Waals surface area contributed by atoms with Gasteiger partial charge < -0.3 is 4.74 Å². The highest BCUT2D eigenvalue weighted by Crippen LogP contribution is 2.05. The highest BCUT2D eigenvalue weighted by Gasteiger charge is 2.18. The van der Waals surface area contributed by atoms with Crippen molar-refractivity contribution in [2.24, 2.45) is 0 Å². The highest BCUT2D eigenvalue weighted by atomic mass is 35.5. The number of aromatic nitrogens is 1. The van der Waals surface area contributed by atoms with Crippen LogP contribution in [0.5, 0.6) is 0 Å². The zero-order valence-corrected chi connectivity index (χ0v) is 8.34. The quantitative estimate of drug-likeness (QED) is 0.649. The smallest absolute Gasteiger partial charge is 0.412 e. The molecule has 3 nitrogen and oxygen atoms in total. The number of pyridine rings is 1. The van der Waals surface area contributed by atoms with Gasteiger partial charge in [-0.2, -0.15) is 4.79 Å². The molecule has 0 amide bonds. The summed E-state index contributed by atoms with van der Waals surface area (Å²) in [6.07, 6.45) is 1.21. The molecule has 0 saturated carbocycles. The Balaban J connectivity index is 2.95. The van der Waals surface area contributed by atoms with E-state index in [0.717, 1.165) is 5.69 Å². The van der Waals surface area contributed by atoms with Crippen molar-refractivity contribution in [3.05, 3.63) is 29.0 Å². The Morgan fingerprint density at radius 1 is 1.69 bits per heavy atom. The highest BCUT2D eigenvalue weighted by molar-refractivity contribution is 6.30. The molecule has 0 atom stereocenters. The summed E-state index contributed by atoms with van der Waals surface area (Å²) in [6.45, 7) is 3.93. The fraction of sp³-hybridized carbons (Fsp3) is 0.333. The first-order chi connectivity index (χ1) is 6.15. The van der Waals surface area contributed by atoms with Gasteiger partial charge in [0.25, 0.3) is 0 Å². The molecule has 1 aromatic rings. The number of rotatable bonds is 1. The van der Waals surface area contributed by atoms with Gasteiger partial charge in [0, 0.05) is 19.1 Å². The van der Waals surface area contributed by atoms with Crippen molar-refractivity contribution < 1.29 is 14.1 Å². The molecule has 1 aromatic heterocycles. The van der Waals surface area contributed by atoms with Crippen LogP contribution in [0.25, 0.3) is 0 Å². The maximum Gasteiger partial charge on any atom is 0.602 e. The molecular formula is C9H11ClNO2+. The molecule has 0 N–H and O–H groups in total. The molecule has 0 saturated heterocycles. The predicted octanol–water partition coefficient (Wildman–Crippen LogP) is 1.94. The van der Waals surface area contributed by atoms with Gasteiger partial charge in [-0.05, 0) is 6.92 Å². The first-order valence-corrected chi connectivity index (χ1v) is 4.38. The van der Waals surface area contributed by atoms with E-state index in [9.17, 15) is 4.79 Å². The number of ether oxygens (including phenoxy) is 1. The van der Waals surface area contributed by atoms with Crippen LogP contribution in [-0.4, -0.2) is 12.7 Å². The summed E-state index contributed by atoms with van der Waals surface area (Å²) in [7, 11) is 0. The maximum atomic E-state index is 11.3. The number of carbonyl (C=O) groups is 1. The van der Waals surface area contributed by atoms with Gasteiger partial charge >= 0.3 is 6.09 Å². The lowest BCUT2D eigenvalue weighted by atomic mass is 10.4. The van der Waals surface area contributed by atoms with E-state index in [1.807, 2.05) is 0 Å². The standard InChI is InChI=1S/C9H11ClNO2/c1-3-13-9(12)11-5-4-8(10)6-7(11)2/h4-6H,3H2,1-2H3/q+1. The van der Waals surface area contributed by atoms with Crippen LogP contribution in [0.15, 0.2) is 18.3 Å². The third-order valence-electron chi connectivity index (χ3n) is 1.57. The van der Waals surface area contributed by atoms with Crippen LogP contribution in [0.2, 0.25) is 5.02 Å². The van der Waals surface area contributed by atoms with Gasteiger partial charge in [-0.3, -0.25) is 0 Å². The summed E-state index contributed by atoms with van der Waals surface area (Å²) in [4.78, 5) is 11.3.